The molecule has 0 spiro atoms. The zero-order valence-electron chi connectivity index (χ0n) is 11.7. The summed E-state index contributed by atoms with van der Waals surface area (Å²) in [4.78, 5) is 14.1. The Kier molecular flexibility index (Phi) is 5.63. The molecule has 0 aromatic heterocycles. The number of hydrogen-bond acceptors (Lipinski definition) is 4. The Bertz CT molecular complexity index is 435. The van der Waals surface area contributed by atoms with Gasteiger partial charge in [0, 0.05) is 13.1 Å². The van der Waals surface area contributed by atoms with Crippen molar-refractivity contribution in [3.63, 3.8) is 0 Å². The average Bonchev–Trinajstić information content (AvgIpc) is 2.44. The van der Waals surface area contributed by atoms with E-state index < -0.39 is 0 Å². The molecule has 19 heavy (non-hydrogen) atoms. The van der Waals surface area contributed by atoms with Gasteiger partial charge in [-0.15, -0.1) is 0 Å². The maximum Gasteiger partial charge on any atom is 0.257 e. The topological polar surface area (TPSA) is 75.8 Å². The summed E-state index contributed by atoms with van der Waals surface area (Å²) >= 11 is 0. The van der Waals surface area contributed by atoms with E-state index in [-0.39, 0.29) is 23.1 Å². The third-order valence-electron chi connectivity index (χ3n) is 3.04. The van der Waals surface area contributed by atoms with Crippen LogP contribution in [0.4, 0.5) is 0 Å². The molecule has 0 aliphatic rings. The molecule has 5 nitrogen and oxygen atoms in total. The minimum atomic E-state index is -0.209. The number of phenolic OH excluding ortho intramolecular Hbond substituents is 1. The largest absolute Gasteiger partial charge is 0.507 e. The Balaban J connectivity index is 2.96. The molecule has 0 saturated heterocycles. The SMILES string of the molecule is CCN(CC(C)CN)C(=O)c1cc(OC)ccc1O. The molecule has 1 atom stereocenters. The summed E-state index contributed by atoms with van der Waals surface area (Å²) < 4.78 is 5.07. The van der Waals surface area contributed by atoms with Crippen molar-refractivity contribution in [2.45, 2.75) is 13.8 Å². The molecule has 1 unspecified atom stereocenters. The van der Waals surface area contributed by atoms with E-state index in [1.54, 1.807) is 17.0 Å². The molecule has 1 rings (SSSR count). The smallest absolute Gasteiger partial charge is 0.257 e. The highest BCUT2D eigenvalue weighted by atomic mass is 16.5. The lowest BCUT2D eigenvalue weighted by Crippen LogP contribution is -2.36. The lowest BCUT2D eigenvalue weighted by atomic mass is 10.1. The summed E-state index contributed by atoms with van der Waals surface area (Å²) in [5.41, 5.74) is 5.84. The fraction of sp³-hybridized carbons (Fsp3) is 0.500. The number of benzene rings is 1. The van der Waals surface area contributed by atoms with Gasteiger partial charge in [-0.05, 0) is 37.6 Å². The summed E-state index contributed by atoms with van der Waals surface area (Å²) in [6.07, 6.45) is 0. The van der Waals surface area contributed by atoms with Crippen molar-refractivity contribution >= 4 is 5.91 Å². The van der Waals surface area contributed by atoms with Crippen molar-refractivity contribution in [3.05, 3.63) is 23.8 Å². The number of nitrogens with two attached hydrogens (primary N) is 1. The van der Waals surface area contributed by atoms with Crippen LogP contribution < -0.4 is 10.5 Å². The van der Waals surface area contributed by atoms with Gasteiger partial charge in [0.2, 0.25) is 0 Å². The van der Waals surface area contributed by atoms with Crippen LogP contribution in [0.2, 0.25) is 0 Å². The number of ether oxygens (including phenoxy) is 1. The number of methoxy groups -OCH3 is 1. The van der Waals surface area contributed by atoms with Crippen LogP contribution in [0.15, 0.2) is 18.2 Å². The van der Waals surface area contributed by atoms with Gasteiger partial charge in [-0.1, -0.05) is 6.92 Å². The number of phenols is 1. The van der Waals surface area contributed by atoms with Gasteiger partial charge in [0.05, 0.1) is 12.7 Å². The number of carbonyl (C=O) groups excluding carboxylic acids is 1. The van der Waals surface area contributed by atoms with E-state index in [0.29, 0.717) is 25.4 Å². The van der Waals surface area contributed by atoms with Crippen LogP contribution in [0, 0.1) is 5.92 Å². The second kappa shape index (κ2) is 6.99. The van der Waals surface area contributed by atoms with E-state index in [2.05, 4.69) is 0 Å². The average molecular weight is 266 g/mol. The van der Waals surface area contributed by atoms with Crippen LogP contribution in [0.5, 0.6) is 11.5 Å². The molecule has 106 valence electrons. The molecule has 0 fully saturated rings. The zero-order valence-corrected chi connectivity index (χ0v) is 11.7. The van der Waals surface area contributed by atoms with Gasteiger partial charge in [-0.2, -0.15) is 0 Å². The standard InChI is InChI=1S/C14H22N2O3/c1-4-16(9-10(2)8-15)14(18)12-7-11(19-3)5-6-13(12)17/h5-7,10,17H,4,8-9,15H2,1-3H3. The van der Waals surface area contributed by atoms with E-state index in [1.807, 2.05) is 13.8 Å². The summed E-state index contributed by atoms with van der Waals surface area (Å²) in [5, 5.41) is 9.81. The highest BCUT2D eigenvalue weighted by Crippen LogP contribution is 2.24. The van der Waals surface area contributed by atoms with E-state index in [4.69, 9.17) is 10.5 Å². The molecule has 5 heteroatoms. The van der Waals surface area contributed by atoms with Gasteiger partial charge < -0.3 is 20.5 Å². The number of hydrogen-bond donors (Lipinski definition) is 2. The second-order valence-electron chi connectivity index (χ2n) is 4.57. The third-order valence-corrected chi connectivity index (χ3v) is 3.04. The first kappa shape index (κ1) is 15.3. The number of rotatable bonds is 6. The predicted molar refractivity (Wildman–Crippen MR) is 74.5 cm³/mol. The van der Waals surface area contributed by atoms with E-state index >= 15 is 0 Å². The van der Waals surface area contributed by atoms with Crippen LogP contribution >= 0.6 is 0 Å². The predicted octanol–water partition coefficient (Wildman–Crippen LogP) is 1.46. The van der Waals surface area contributed by atoms with Crippen LogP contribution in [0.1, 0.15) is 24.2 Å². The minimum absolute atomic E-state index is 0.0374. The Morgan fingerprint density at radius 3 is 2.74 bits per heavy atom. The van der Waals surface area contributed by atoms with Gasteiger partial charge in [0.1, 0.15) is 11.5 Å². The van der Waals surface area contributed by atoms with E-state index in [0.717, 1.165) is 0 Å². The first-order valence-corrected chi connectivity index (χ1v) is 6.39. The number of carbonyl (C=O) groups is 1. The monoisotopic (exact) mass is 266 g/mol. The molecule has 0 heterocycles. The fourth-order valence-corrected chi connectivity index (χ4v) is 1.79. The molecule has 0 saturated carbocycles. The molecule has 3 N–H and O–H groups in total. The number of aromatic hydroxyl groups is 1. The Morgan fingerprint density at radius 1 is 1.53 bits per heavy atom. The molecule has 0 aliphatic heterocycles. The van der Waals surface area contributed by atoms with Crippen molar-refractivity contribution in [2.24, 2.45) is 11.7 Å². The molecule has 1 aromatic rings. The fourth-order valence-electron chi connectivity index (χ4n) is 1.79. The van der Waals surface area contributed by atoms with Crippen LogP contribution in [-0.2, 0) is 0 Å². The normalized spacial score (nSPS) is 12.0. The minimum Gasteiger partial charge on any atom is -0.507 e. The first-order valence-electron chi connectivity index (χ1n) is 6.39. The number of amides is 1. The van der Waals surface area contributed by atoms with Crippen molar-refractivity contribution < 1.29 is 14.6 Å². The second-order valence-corrected chi connectivity index (χ2v) is 4.57. The van der Waals surface area contributed by atoms with Crippen LogP contribution in [0.25, 0.3) is 0 Å². The molecule has 0 bridgehead atoms. The quantitative estimate of drug-likeness (QED) is 0.817. The third kappa shape index (κ3) is 3.86. The molecule has 0 radical (unpaired) electrons. The van der Waals surface area contributed by atoms with E-state index in [1.165, 1.54) is 13.2 Å². The summed E-state index contributed by atoms with van der Waals surface area (Å²) in [5.74, 6) is 0.518. The lowest BCUT2D eigenvalue weighted by Gasteiger charge is -2.24. The Morgan fingerprint density at radius 2 is 2.21 bits per heavy atom. The first-order chi connectivity index (χ1) is 9.03. The summed E-state index contributed by atoms with van der Waals surface area (Å²) in [7, 11) is 1.52. The summed E-state index contributed by atoms with van der Waals surface area (Å²) in [6.45, 7) is 5.55. The molecular weight excluding hydrogens is 244 g/mol. The van der Waals surface area contributed by atoms with Gasteiger partial charge in [-0.3, -0.25) is 4.79 Å². The molecular formula is C14H22N2O3. The Labute approximate surface area is 114 Å². The van der Waals surface area contributed by atoms with Gasteiger partial charge in [0.25, 0.3) is 5.91 Å². The van der Waals surface area contributed by atoms with Gasteiger partial charge in [-0.25, -0.2) is 0 Å². The maximum atomic E-state index is 12.4. The highest BCUT2D eigenvalue weighted by molar-refractivity contribution is 5.97. The van der Waals surface area contributed by atoms with Crippen molar-refractivity contribution in [1.82, 2.24) is 4.90 Å². The van der Waals surface area contributed by atoms with Gasteiger partial charge >= 0.3 is 0 Å². The van der Waals surface area contributed by atoms with E-state index in [9.17, 15) is 9.90 Å². The van der Waals surface area contributed by atoms with Crippen LogP contribution in [0.3, 0.4) is 0 Å². The maximum absolute atomic E-state index is 12.4. The Hall–Kier alpha value is -1.75. The van der Waals surface area contributed by atoms with Crippen molar-refractivity contribution in [2.75, 3.05) is 26.7 Å². The molecule has 0 aliphatic carbocycles. The van der Waals surface area contributed by atoms with Crippen LogP contribution in [-0.4, -0.2) is 42.7 Å². The van der Waals surface area contributed by atoms with Crippen molar-refractivity contribution in [3.8, 4) is 11.5 Å². The zero-order chi connectivity index (χ0) is 14.4. The summed E-state index contributed by atoms with van der Waals surface area (Å²) in [6, 6.07) is 4.63. The highest BCUT2D eigenvalue weighted by Gasteiger charge is 2.19. The lowest BCUT2D eigenvalue weighted by molar-refractivity contribution is 0.0740. The molecule has 1 aromatic carbocycles. The van der Waals surface area contributed by atoms with Crippen molar-refractivity contribution in [1.29, 1.82) is 0 Å². The molecule has 1 amide bonds. The van der Waals surface area contributed by atoms with Gasteiger partial charge in [0.15, 0.2) is 0 Å². The number of nitrogens with zero attached hydrogens (tertiary/aromatic N) is 1.